The first-order valence-electron chi connectivity index (χ1n) is 6.96. The van der Waals surface area contributed by atoms with Crippen LogP contribution in [0.15, 0.2) is 30.3 Å². The highest BCUT2D eigenvalue weighted by Crippen LogP contribution is 2.06. The van der Waals surface area contributed by atoms with Crippen LogP contribution in [0, 0.1) is 0 Å². The van der Waals surface area contributed by atoms with E-state index in [2.05, 4.69) is 5.43 Å². The third-order valence-corrected chi connectivity index (χ3v) is 3.20. The number of amides is 1. The molecule has 1 aliphatic rings. The van der Waals surface area contributed by atoms with Gasteiger partial charge in [0.15, 0.2) is 5.78 Å². The van der Waals surface area contributed by atoms with Crippen molar-refractivity contribution in [3.8, 4) is 0 Å². The minimum absolute atomic E-state index is 0.0345. The van der Waals surface area contributed by atoms with Crippen LogP contribution in [0.2, 0.25) is 0 Å². The van der Waals surface area contributed by atoms with E-state index in [1.165, 1.54) is 0 Å². The summed E-state index contributed by atoms with van der Waals surface area (Å²) >= 11 is 0. The van der Waals surface area contributed by atoms with Gasteiger partial charge in [-0.1, -0.05) is 30.3 Å². The number of hydrazine groups is 1. The number of carbonyl (C=O) groups is 2. The summed E-state index contributed by atoms with van der Waals surface area (Å²) in [6.07, 6.45) is 1.35. The van der Waals surface area contributed by atoms with Crippen LogP contribution in [-0.2, 0) is 9.53 Å². The van der Waals surface area contributed by atoms with Crippen LogP contribution >= 0.6 is 0 Å². The van der Waals surface area contributed by atoms with Gasteiger partial charge < -0.3 is 4.74 Å². The number of benzene rings is 1. The van der Waals surface area contributed by atoms with Gasteiger partial charge in [-0.2, -0.15) is 0 Å². The predicted octanol–water partition coefficient (Wildman–Crippen LogP) is 1.40. The second-order valence-electron chi connectivity index (χ2n) is 4.78. The van der Waals surface area contributed by atoms with Gasteiger partial charge >= 0.3 is 0 Å². The summed E-state index contributed by atoms with van der Waals surface area (Å²) in [5, 5.41) is 1.87. The van der Waals surface area contributed by atoms with Crippen LogP contribution in [-0.4, -0.2) is 43.0 Å². The van der Waals surface area contributed by atoms with E-state index in [9.17, 15) is 9.59 Å². The van der Waals surface area contributed by atoms with Crippen molar-refractivity contribution in [3.63, 3.8) is 0 Å². The van der Waals surface area contributed by atoms with Crippen molar-refractivity contribution in [2.45, 2.75) is 19.3 Å². The molecule has 5 heteroatoms. The largest absolute Gasteiger partial charge is 0.379 e. The van der Waals surface area contributed by atoms with Crippen molar-refractivity contribution in [2.24, 2.45) is 0 Å². The second kappa shape index (κ2) is 7.77. The summed E-state index contributed by atoms with van der Waals surface area (Å²) in [5.41, 5.74) is 3.54. The fourth-order valence-electron chi connectivity index (χ4n) is 2.09. The molecule has 0 bridgehead atoms. The minimum atomic E-state index is -0.0345. The molecule has 0 unspecified atom stereocenters. The van der Waals surface area contributed by atoms with Gasteiger partial charge in [-0.25, -0.2) is 5.01 Å². The molecule has 1 saturated heterocycles. The Bertz CT molecular complexity index is 442. The molecule has 5 nitrogen and oxygen atoms in total. The number of hydrogen-bond donors (Lipinski definition) is 1. The Hall–Kier alpha value is -1.72. The highest BCUT2D eigenvalue weighted by Gasteiger charge is 2.13. The molecule has 1 fully saturated rings. The zero-order valence-electron chi connectivity index (χ0n) is 11.5. The zero-order chi connectivity index (χ0) is 14.2. The van der Waals surface area contributed by atoms with E-state index in [0.29, 0.717) is 51.1 Å². The molecule has 0 saturated carbocycles. The van der Waals surface area contributed by atoms with Crippen molar-refractivity contribution in [2.75, 3.05) is 26.3 Å². The summed E-state index contributed by atoms with van der Waals surface area (Å²) < 4.78 is 5.21. The summed E-state index contributed by atoms with van der Waals surface area (Å²) in [6, 6.07) is 9.18. The quantitative estimate of drug-likeness (QED) is 0.798. The molecule has 0 atom stereocenters. The highest BCUT2D eigenvalue weighted by molar-refractivity contribution is 5.96. The summed E-state index contributed by atoms with van der Waals surface area (Å²) in [4.78, 5) is 23.6. The summed E-state index contributed by atoms with van der Waals surface area (Å²) in [7, 11) is 0. The van der Waals surface area contributed by atoms with Crippen molar-refractivity contribution < 1.29 is 14.3 Å². The number of morpholine rings is 1. The number of carbonyl (C=O) groups excluding carboxylic acids is 2. The normalized spacial score (nSPS) is 15.8. The van der Waals surface area contributed by atoms with Crippen LogP contribution in [0.3, 0.4) is 0 Å². The molecule has 1 N–H and O–H groups in total. The number of ether oxygens (including phenoxy) is 1. The first-order valence-corrected chi connectivity index (χ1v) is 6.96. The van der Waals surface area contributed by atoms with Gasteiger partial charge in [-0.05, 0) is 6.42 Å². The zero-order valence-corrected chi connectivity index (χ0v) is 11.5. The number of Topliss-reactive ketones (excluding diaryl/α,β-unsaturated/α-hetero) is 1. The van der Waals surface area contributed by atoms with E-state index in [1.807, 2.05) is 23.2 Å². The van der Waals surface area contributed by atoms with Gasteiger partial charge in [0.25, 0.3) is 0 Å². The number of nitrogens with one attached hydrogen (secondary N) is 1. The molecule has 1 aromatic rings. The molecule has 1 aliphatic heterocycles. The average Bonchev–Trinajstić information content (AvgIpc) is 2.49. The van der Waals surface area contributed by atoms with Crippen molar-refractivity contribution in [1.29, 1.82) is 0 Å². The van der Waals surface area contributed by atoms with E-state index in [4.69, 9.17) is 4.74 Å². The standard InChI is InChI=1S/C15H20N2O3/c18-14(13-5-2-1-3-6-13)7-4-8-15(19)16-17-9-11-20-12-10-17/h1-3,5-6H,4,7-12H2,(H,16,19). The number of nitrogens with zero attached hydrogens (tertiary/aromatic N) is 1. The topological polar surface area (TPSA) is 58.6 Å². The Morgan fingerprint density at radius 3 is 2.50 bits per heavy atom. The molecule has 0 radical (unpaired) electrons. The molecule has 0 aromatic heterocycles. The Morgan fingerprint density at radius 2 is 1.80 bits per heavy atom. The lowest BCUT2D eigenvalue weighted by Crippen LogP contribution is -2.48. The van der Waals surface area contributed by atoms with E-state index >= 15 is 0 Å². The molecule has 0 spiro atoms. The third-order valence-electron chi connectivity index (χ3n) is 3.20. The number of hydrogen-bond acceptors (Lipinski definition) is 4. The fraction of sp³-hybridized carbons (Fsp3) is 0.467. The Kier molecular flexibility index (Phi) is 5.70. The van der Waals surface area contributed by atoms with E-state index < -0.39 is 0 Å². The number of ketones is 1. The van der Waals surface area contributed by atoms with Crippen LogP contribution in [0.5, 0.6) is 0 Å². The summed E-state index contributed by atoms with van der Waals surface area (Å²) in [5.74, 6) is 0.0533. The smallest absolute Gasteiger partial charge is 0.234 e. The summed E-state index contributed by atoms with van der Waals surface area (Å²) in [6.45, 7) is 2.73. The van der Waals surface area contributed by atoms with Crippen molar-refractivity contribution >= 4 is 11.7 Å². The predicted molar refractivity (Wildman–Crippen MR) is 75.2 cm³/mol. The molecule has 108 valence electrons. The maximum atomic E-state index is 11.9. The van der Waals surface area contributed by atoms with E-state index in [-0.39, 0.29) is 11.7 Å². The molecular weight excluding hydrogens is 256 g/mol. The average molecular weight is 276 g/mol. The Morgan fingerprint density at radius 1 is 1.10 bits per heavy atom. The lowest BCUT2D eigenvalue weighted by molar-refractivity contribution is -0.128. The van der Waals surface area contributed by atoms with Gasteiger partial charge in [-0.3, -0.25) is 15.0 Å². The fourth-order valence-corrected chi connectivity index (χ4v) is 2.09. The molecule has 1 amide bonds. The van der Waals surface area contributed by atoms with Gasteiger partial charge in [0.1, 0.15) is 0 Å². The SMILES string of the molecule is O=C(CCCC(=O)c1ccccc1)NN1CCOCC1. The molecule has 20 heavy (non-hydrogen) atoms. The van der Waals surface area contributed by atoms with E-state index in [1.54, 1.807) is 12.1 Å². The first kappa shape index (κ1) is 14.7. The highest BCUT2D eigenvalue weighted by atomic mass is 16.5. The second-order valence-corrected chi connectivity index (χ2v) is 4.78. The lowest BCUT2D eigenvalue weighted by Gasteiger charge is -2.26. The monoisotopic (exact) mass is 276 g/mol. The van der Waals surface area contributed by atoms with Crippen LogP contribution in [0.4, 0.5) is 0 Å². The molecule has 1 heterocycles. The van der Waals surface area contributed by atoms with Crippen molar-refractivity contribution in [3.05, 3.63) is 35.9 Å². The van der Waals surface area contributed by atoms with Gasteiger partial charge in [0.2, 0.25) is 5.91 Å². The molecule has 2 rings (SSSR count). The van der Waals surface area contributed by atoms with Gasteiger partial charge in [0, 0.05) is 31.5 Å². The lowest BCUT2D eigenvalue weighted by atomic mass is 10.1. The molecular formula is C15H20N2O3. The van der Waals surface area contributed by atoms with Crippen molar-refractivity contribution in [1.82, 2.24) is 10.4 Å². The molecule has 0 aliphatic carbocycles. The van der Waals surface area contributed by atoms with Crippen LogP contribution in [0.25, 0.3) is 0 Å². The Labute approximate surface area is 118 Å². The third kappa shape index (κ3) is 4.75. The maximum absolute atomic E-state index is 11.9. The number of rotatable bonds is 6. The van der Waals surface area contributed by atoms with Crippen LogP contribution in [0.1, 0.15) is 29.6 Å². The maximum Gasteiger partial charge on any atom is 0.234 e. The first-order chi connectivity index (χ1) is 9.75. The Balaban J connectivity index is 1.65. The van der Waals surface area contributed by atoms with E-state index in [0.717, 1.165) is 0 Å². The molecule has 1 aromatic carbocycles. The van der Waals surface area contributed by atoms with Gasteiger partial charge in [0.05, 0.1) is 13.2 Å². The minimum Gasteiger partial charge on any atom is -0.379 e. The van der Waals surface area contributed by atoms with Crippen LogP contribution < -0.4 is 5.43 Å². The van der Waals surface area contributed by atoms with Gasteiger partial charge in [-0.15, -0.1) is 0 Å².